The number of benzene rings is 1. The summed E-state index contributed by atoms with van der Waals surface area (Å²) >= 11 is 0. The molecule has 19 heavy (non-hydrogen) atoms. The van der Waals surface area contributed by atoms with Crippen LogP contribution in [0.5, 0.6) is 0 Å². The first-order valence-electron chi connectivity index (χ1n) is 5.52. The van der Waals surface area contributed by atoms with E-state index in [1.165, 1.54) is 7.05 Å². The minimum Gasteiger partial charge on any atom is -0.481 e. The SMILES string of the molecule is CN(CCC(=O)O)S(=O)(=O)NOCc1ccccc1. The van der Waals surface area contributed by atoms with Gasteiger partial charge in [-0.3, -0.25) is 9.63 Å². The Balaban J connectivity index is 2.40. The fourth-order valence-electron chi connectivity index (χ4n) is 1.20. The topological polar surface area (TPSA) is 95.9 Å². The highest BCUT2D eigenvalue weighted by Gasteiger charge is 2.18. The average molecular weight is 288 g/mol. The fraction of sp³-hybridized carbons (Fsp3) is 0.364. The molecule has 0 amide bonds. The number of carboxylic acids is 1. The van der Waals surface area contributed by atoms with Gasteiger partial charge in [0.2, 0.25) is 0 Å². The number of carbonyl (C=O) groups is 1. The zero-order valence-electron chi connectivity index (χ0n) is 10.4. The van der Waals surface area contributed by atoms with Crippen molar-refractivity contribution in [1.29, 1.82) is 0 Å². The predicted octanol–water partition coefficient (Wildman–Crippen LogP) is 0.359. The molecule has 0 atom stereocenters. The van der Waals surface area contributed by atoms with Crippen molar-refractivity contribution >= 4 is 16.2 Å². The maximum Gasteiger partial charge on any atom is 0.304 e. The van der Waals surface area contributed by atoms with Crippen LogP contribution in [0.3, 0.4) is 0 Å². The van der Waals surface area contributed by atoms with Gasteiger partial charge in [-0.05, 0) is 5.56 Å². The first-order valence-corrected chi connectivity index (χ1v) is 6.96. The van der Waals surface area contributed by atoms with Crippen molar-refractivity contribution in [3.8, 4) is 0 Å². The number of rotatable bonds is 8. The summed E-state index contributed by atoms with van der Waals surface area (Å²) in [6, 6.07) is 9.05. The number of carboxylic acid groups (broad SMARTS) is 1. The van der Waals surface area contributed by atoms with Gasteiger partial charge in [-0.25, -0.2) is 0 Å². The Morgan fingerprint density at radius 2 is 2.00 bits per heavy atom. The Bertz CT molecular complexity index is 503. The van der Waals surface area contributed by atoms with Crippen molar-refractivity contribution in [3.05, 3.63) is 35.9 Å². The summed E-state index contributed by atoms with van der Waals surface area (Å²) < 4.78 is 24.1. The van der Waals surface area contributed by atoms with Crippen LogP contribution in [0.25, 0.3) is 0 Å². The molecule has 0 saturated heterocycles. The van der Waals surface area contributed by atoms with Crippen LogP contribution in [0.2, 0.25) is 0 Å². The lowest BCUT2D eigenvalue weighted by Crippen LogP contribution is -2.39. The zero-order chi connectivity index (χ0) is 14.3. The average Bonchev–Trinajstić information content (AvgIpc) is 2.36. The van der Waals surface area contributed by atoms with E-state index in [1.54, 1.807) is 12.1 Å². The quantitative estimate of drug-likeness (QED) is 0.673. The predicted molar refractivity (Wildman–Crippen MR) is 68.2 cm³/mol. The highest BCUT2D eigenvalue weighted by atomic mass is 32.2. The van der Waals surface area contributed by atoms with Crippen LogP contribution in [-0.2, 0) is 26.4 Å². The lowest BCUT2D eigenvalue weighted by atomic mass is 10.2. The minimum absolute atomic E-state index is 0.0901. The second kappa shape index (κ2) is 7.19. The highest BCUT2D eigenvalue weighted by molar-refractivity contribution is 7.86. The molecule has 1 aromatic carbocycles. The van der Waals surface area contributed by atoms with E-state index in [4.69, 9.17) is 9.94 Å². The number of hydrogen-bond donors (Lipinski definition) is 2. The van der Waals surface area contributed by atoms with Gasteiger partial charge in [0, 0.05) is 13.6 Å². The van der Waals surface area contributed by atoms with E-state index < -0.39 is 16.2 Å². The van der Waals surface area contributed by atoms with E-state index in [9.17, 15) is 13.2 Å². The smallest absolute Gasteiger partial charge is 0.304 e. The molecule has 0 unspecified atom stereocenters. The standard InChI is InChI=1S/C11H16N2O5S/c1-13(8-7-11(14)15)19(16,17)12-18-9-10-5-3-2-4-6-10/h2-6,12H,7-9H2,1H3,(H,14,15). The third-order valence-electron chi connectivity index (χ3n) is 2.30. The summed E-state index contributed by atoms with van der Waals surface area (Å²) in [5, 5.41) is 8.48. The van der Waals surface area contributed by atoms with Gasteiger partial charge < -0.3 is 5.11 Å². The second-order valence-corrected chi connectivity index (χ2v) is 5.57. The first-order chi connectivity index (χ1) is 8.92. The van der Waals surface area contributed by atoms with Crippen molar-refractivity contribution in [1.82, 2.24) is 9.19 Å². The molecule has 0 radical (unpaired) electrons. The van der Waals surface area contributed by atoms with E-state index in [0.29, 0.717) is 0 Å². The molecule has 0 spiro atoms. The van der Waals surface area contributed by atoms with Crippen LogP contribution >= 0.6 is 0 Å². The fourth-order valence-corrected chi connectivity index (χ4v) is 1.87. The van der Waals surface area contributed by atoms with Gasteiger partial charge in [0.25, 0.3) is 0 Å². The molecule has 0 bridgehead atoms. The molecule has 0 aliphatic carbocycles. The molecule has 7 nitrogen and oxygen atoms in total. The second-order valence-electron chi connectivity index (χ2n) is 3.83. The normalized spacial score (nSPS) is 11.7. The summed E-state index contributed by atoms with van der Waals surface area (Å²) in [5.41, 5.74) is 0.818. The van der Waals surface area contributed by atoms with Gasteiger partial charge in [-0.2, -0.15) is 12.7 Å². The third kappa shape index (κ3) is 5.79. The molecular formula is C11H16N2O5S. The van der Waals surface area contributed by atoms with Gasteiger partial charge in [0.15, 0.2) is 0 Å². The third-order valence-corrected chi connectivity index (χ3v) is 3.63. The molecule has 0 saturated carbocycles. The molecule has 0 aromatic heterocycles. The molecule has 0 heterocycles. The number of nitrogens with one attached hydrogen (secondary N) is 1. The summed E-state index contributed by atoms with van der Waals surface area (Å²) in [4.78, 5) is 17.2. The Kier molecular flexibility index (Phi) is 5.90. The lowest BCUT2D eigenvalue weighted by Gasteiger charge is -2.16. The van der Waals surface area contributed by atoms with Gasteiger partial charge >= 0.3 is 16.2 Å². The Morgan fingerprint density at radius 1 is 1.37 bits per heavy atom. The van der Waals surface area contributed by atoms with Gasteiger partial charge in [-0.1, -0.05) is 35.2 Å². The van der Waals surface area contributed by atoms with E-state index in [-0.39, 0.29) is 19.6 Å². The summed E-state index contributed by atoms with van der Waals surface area (Å²) in [7, 11) is -2.55. The number of nitrogens with zero attached hydrogens (tertiary/aromatic N) is 1. The van der Waals surface area contributed by atoms with E-state index in [1.807, 2.05) is 23.1 Å². The molecule has 1 aromatic rings. The molecule has 2 N–H and O–H groups in total. The van der Waals surface area contributed by atoms with Crippen molar-refractivity contribution in [2.45, 2.75) is 13.0 Å². The van der Waals surface area contributed by atoms with Crippen LogP contribution in [0.15, 0.2) is 30.3 Å². The molecule has 8 heteroatoms. The maximum absolute atomic E-state index is 11.6. The van der Waals surface area contributed by atoms with E-state index >= 15 is 0 Å². The van der Waals surface area contributed by atoms with Gasteiger partial charge in [0.1, 0.15) is 0 Å². The molecule has 1 rings (SSSR count). The Hall–Kier alpha value is -1.48. The summed E-state index contributed by atoms with van der Waals surface area (Å²) in [6.45, 7) is -0.0355. The van der Waals surface area contributed by atoms with Gasteiger partial charge in [0.05, 0.1) is 13.0 Å². The zero-order valence-corrected chi connectivity index (χ0v) is 11.3. The van der Waals surface area contributed by atoms with E-state index in [0.717, 1.165) is 9.87 Å². The number of aliphatic carboxylic acids is 1. The van der Waals surface area contributed by atoms with Crippen molar-refractivity contribution in [3.63, 3.8) is 0 Å². The first kappa shape index (κ1) is 15.6. The molecule has 0 fully saturated rings. The summed E-state index contributed by atoms with van der Waals surface area (Å²) in [5.74, 6) is -1.06. The molecular weight excluding hydrogens is 272 g/mol. The monoisotopic (exact) mass is 288 g/mol. The van der Waals surface area contributed by atoms with Crippen LogP contribution in [0.4, 0.5) is 0 Å². The molecule has 0 aliphatic rings. The number of hydrogen-bond acceptors (Lipinski definition) is 4. The summed E-state index contributed by atoms with van der Waals surface area (Å²) in [6.07, 6.45) is -0.268. The van der Waals surface area contributed by atoms with Crippen molar-refractivity contribution in [2.75, 3.05) is 13.6 Å². The van der Waals surface area contributed by atoms with Crippen LogP contribution < -0.4 is 4.89 Å². The van der Waals surface area contributed by atoms with Crippen LogP contribution in [-0.4, -0.2) is 37.4 Å². The van der Waals surface area contributed by atoms with Crippen LogP contribution in [0.1, 0.15) is 12.0 Å². The van der Waals surface area contributed by atoms with Crippen molar-refractivity contribution < 1.29 is 23.2 Å². The van der Waals surface area contributed by atoms with E-state index in [2.05, 4.69) is 0 Å². The molecule has 106 valence electrons. The largest absolute Gasteiger partial charge is 0.481 e. The molecule has 0 aliphatic heterocycles. The maximum atomic E-state index is 11.6. The Morgan fingerprint density at radius 3 is 2.58 bits per heavy atom. The Labute approximate surface area is 111 Å². The highest BCUT2D eigenvalue weighted by Crippen LogP contribution is 2.01. The minimum atomic E-state index is -3.83. The van der Waals surface area contributed by atoms with Crippen molar-refractivity contribution in [2.24, 2.45) is 0 Å². The lowest BCUT2D eigenvalue weighted by molar-refractivity contribution is -0.137. The van der Waals surface area contributed by atoms with Crippen LogP contribution in [0, 0.1) is 0 Å². The van der Waals surface area contributed by atoms with Gasteiger partial charge in [-0.15, -0.1) is 0 Å².